The van der Waals surface area contributed by atoms with Gasteiger partial charge in [0.05, 0.1) is 6.10 Å². The van der Waals surface area contributed by atoms with Crippen LogP contribution in [0.2, 0.25) is 0 Å². The van der Waals surface area contributed by atoms with Crippen molar-refractivity contribution >= 4 is 0 Å². The van der Waals surface area contributed by atoms with Crippen LogP contribution in [0.25, 0.3) is 0 Å². The Labute approximate surface area is 114 Å². The standard InChI is InChI=1S/C15H23FN2O/c1-12-9-17(6-7-18(12)10-13(2)19)11-14-4-3-5-15(16)8-14/h3-5,8,12-13,19H,6-7,9-11H2,1-2H3/t12-,13-/m1/s1. The van der Waals surface area contributed by atoms with Crippen molar-refractivity contribution in [3.63, 3.8) is 0 Å². The van der Waals surface area contributed by atoms with Crippen LogP contribution in [0.15, 0.2) is 24.3 Å². The second-order valence-electron chi connectivity index (χ2n) is 5.56. The number of β-amino-alcohol motifs (C(OH)–C–C–N with tert-alkyl or cyclic N) is 1. The smallest absolute Gasteiger partial charge is 0.123 e. The molecule has 1 saturated heterocycles. The van der Waals surface area contributed by atoms with E-state index in [2.05, 4.69) is 16.7 Å². The van der Waals surface area contributed by atoms with Crippen LogP contribution in [0, 0.1) is 5.82 Å². The van der Waals surface area contributed by atoms with Crippen molar-refractivity contribution in [2.75, 3.05) is 26.2 Å². The number of hydrogen-bond acceptors (Lipinski definition) is 3. The first kappa shape index (κ1) is 14.4. The molecule has 1 aliphatic heterocycles. The molecular formula is C15H23FN2O. The summed E-state index contributed by atoms with van der Waals surface area (Å²) < 4.78 is 13.1. The minimum atomic E-state index is -0.280. The van der Waals surface area contributed by atoms with E-state index >= 15 is 0 Å². The predicted molar refractivity (Wildman–Crippen MR) is 74.4 cm³/mol. The van der Waals surface area contributed by atoms with Gasteiger partial charge in [0.25, 0.3) is 0 Å². The average molecular weight is 266 g/mol. The van der Waals surface area contributed by atoms with Gasteiger partial charge in [-0.25, -0.2) is 4.39 Å². The molecule has 106 valence electrons. The SMILES string of the molecule is C[C@@H]1CN(Cc2cccc(F)c2)CCN1C[C@@H](C)O. The lowest BCUT2D eigenvalue weighted by molar-refractivity contribution is 0.0422. The third-order valence-electron chi connectivity index (χ3n) is 3.64. The van der Waals surface area contributed by atoms with Crippen molar-refractivity contribution in [1.82, 2.24) is 9.80 Å². The fourth-order valence-electron chi connectivity index (χ4n) is 2.72. The molecule has 1 N–H and O–H groups in total. The van der Waals surface area contributed by atoms with Crippen molar-refractivity contribution in [2.24, 2.45) is 0 Å². The second-order valence-corrected chi connectivity index (χ2v) is 5.56. The van der Waals surface area contributed by atoms with Crippen LogP contribution in [0.5, 0.6) is 0 Å². The third-order valence-corrected chi connectivity index (χ3v) is 3.64. The molecule has 1 aromatic carbocycles. The molecule has 1 aromatic rings. The lowest BCUT2D eigenvalue weighted by Gasteiger charge is -2.40. The normalized spacial score (nSPS) is 23.5. The minimum absolute atomic E-state index is 0.168. The molecule has 1 heterocycles. The molecule has 1 aliphatic rings. The van der Waals surface area contributed by atoms with Gasteiger partial charge in [-0.05, 0) is 31.5 Å². The summed E-state index contributed by atoms with van der Waals surface area (Å²) in [6, 6.07) is 7.24. The van der Waals surface area contributed by atoms with Gasteiger partial charge >= 0.3 is 0 Å². The highest BCUT2D eigenvalue weighted by molar-refractivity contribution is 5.16. The van der Waals surface area contributed by atoms with Gasteiger partial charge < -0.3 is 5.11 Å². The number of rotatable bonds is 4. The Kier molecular flexibility index (Phi) is 4.91. The number of aliphatic hydroxyl groups is 1. The van der Waals surface area contributed by atoms with E-state index in [1.54, 1.807) is 12.1 Å². The van der Waals surface area contributed by atoms with E-state index in [4.69, 9.17) is 0 Å². The van der Waals surface area contributed by atoms with E-state index in [-0.39, 0.29) is 11.9 Å². The molecule has 19 heavy (non-hydrogen) atoms. The molecule has 2 atom stereocenters. The highest BCUT2D eigenvalue weighted by Crippen LogP contribution is 2.14. The van der Waals surface area contributed by atoms with E-state index in [0.717, 1.165) is 38.3 Å². The number of hydrogen-bond donors (Lipinski definition) is 1. The quantitative estimate of drug-likeness (QED) is 0.899. The molecule has 0 spiro atoms. The minimum Gasteiger partial charge on any atom is -0.392 e. The van der Waals surface area contributed by atoms with Crippen LogP contribution < -0.4 is 0 Å². The summed E-state index contributed by atoms with van der Waals surface area (Å²) in [6.07, 6.45) is -0.280. The molecule has 0 saturated carbocycles. The van der Waals surface area contributed by atoms with Crippen LogP contribution >= 0.6 is 0 Å². The van der Waals surface area contributed by atoms with Gasteiger partial charge in [0.15, 0.2) is 0 Å². The van der Waals surface area contributed by atoms with Crippen LogP contribution in [-0.2, 0) is 6.54 Å². The van der Waals surface area contributed by atoms with Gasteiger partial charge in [0, 0.05) is 38.8 Å². The molecule has 1 fully saturated rings. The van der Waals surface area contributed by atoms with Crippen LogP contribution in [-0.4, -0.2) is 53.2 Å². The van der Waals surface area contributed by atoms with Gasteiger partial charge in [-0.2, -0.15) is 0 Å². The molecule has 0 aliphatic carbocycles. The summed E-state index contributed by atoms with van der Waals surface area (Å²) >= 11 is 0. The Morgan fingerprint density at radius 1 is 1.42 bits per heavy atom. The zero-order valence-electron chi connectivity index (χ0n) is 11.7. The summed E-state index contributed by atoms with van der Waals surface area (Å²) in [4.78, 5) is 4.66. The lowest BCUT2D eigenvalue weighted by Crippen LogP contribution is -2.53. The molecule has 0 amide bonds. The zero-order valence-corrected chi connectivity index (χ0v) is 11.7. The Balaban J connectivity index is 1.88. The number of aliphatic hydroxyl groups excluding tert-OH is 1. The van der Waals surface area contributed by atoms with Crippen molar-refractivity contribution in [3.8, 4) is 0 Å². The highest BCUT2D eigenvalue weighted by Gasteiger charge is 2.24. The third kappa shape index (κ3) is 4.27. The van der Waals surface area contributed by atoms with Gasteiger partial charge in [-0.15, -0.1) is 0 Å². The summed E-state index contributed by atoms with van der Waals surface area (Å²) in [6.45, 7) is 8.42. The monoisotopic (exact) mass is 266 g/mol. The van der Waals surface area contributed by atoms with E-state index in [9.17, 15) is 9.50 Å². The molecule has 0 unspecified atom stereocenters. The summed E-state index contributed by atoms with van der Waals surface area (Å²) in [7, 11) is 0. The van der Waals surface area contributed by atoms with Gasteiger partial charge in [0.2, 0.25) is 0 Å². The molecule has 0 radical (unpaired) electrons. The number of nitrogens with zero attached hydrogens (tertiary/aromatic N) is 2. The fourth-order valence-corrected chi connectivity index (χ4v) is 2.72. The highest BCUT2D eigenvalue weighted by atomic mass is 19.1. The van der Waals surface area contributed by atoms with Gasteiger partial charge in [-0.3, -0.25) is 9.80 Å². The van der Waals surface area contributed by atoms with Crippen LogP contribution in [0.1, 0.15) is 19.4 Å². The number of piperazine rings is 1. The van der Waals surface area contributed by atoms with Crippen LogP contribution in [0.3, 0.4) is 0 Å². The first-order valence-corrected chi connectivity index (χ1v) is 6.93. The fraction of sp³-hybridized carbons (Fsp3) is 0.600. The maximum Gasteiger partial charge on any atom is 0.123 e. The van der Waals surface area contributed by atoms with Crippen molar-refractivity contribution in [3.05, 3.63) is 35.6 Å². The Hall–Kier alpha value is -0.970. The summed E-state index contributed by atoms with van der Waals surface area (Å²) in [5, 5.41) is 9.46. The first-order valence-electron chi connectivity index (χ1n) is 6.93. The Morgan fingerprint density at radius 3 is 2.84 bits per heavy atom. The maximum absolute atomic E-state index is 13.1. The average Bonchev–Trinajstić information content (AvgIpc) is 2.32. The van der Waals surface area contributed by atoms with Crippen molar-refractivity contribution in [1.29, 1.82) is 0 Å². The Morgan fingerprint density at radius 2 is 2.21 bits per heavy atom. The molecular weight excluding hydrogens is 243 g/mol. The molecule has 2 rings (SSSR count). The zero-order chi connectivity index (χ0) is 13.8. The maximum atomic E-state index is 13.1. The van der Waals surface area contributed by atoms with Gasteiger partial charge in [-0.1, -0.05) is 12.1 Å². The lowest BCUT2D eigenvalue weighted by atomic mass is 10.1. The topological polar surface area (TPSA) is 26.7 Å². The van der Waals surface area contributed by atoms with E-state index in [1.165, 1.54) is 6.07 Å². The van der Waals surface area contributed by atoms with E-state index in [0.29, 0.717) is 6.04 Å². The largest absolute Gasteiger partial charge is 0.392 e. The van der Waals surface area contributed by atoms with Crippen molar-refractivity contribution < 1.29 is 9.50 Å². The Bertz CT molecular complexity index is 411. The number of benzene rings is 1. The second kappa shape index (κ2) is 6.46. The summed E-state index contributed by atoms with van der Waals surface area (Å²) in [5.41, 5.74) is 1.02. The molecule has 0 aromatic heterocycles. The predicted octanol–water partition coefficient (Wildman–Crippen LogP) is 1.71. The molecule has 0 bridgehead atoms. The first-order chi connectivity index (χ1) is 9.04. The molecule has 3 nitrogen and oxygen atoms in total. The van der Waals surface area contributed by atoms with Crippen molar-refractivity contribution in [2.45, 2.75) is 32.5 Å². The van der Waals surface area contributed by atoms with E-state index in [1.807, 2.05) is 13.0 Å². The van der Waals surface area contributed by atoms with Crippen LogP contribution in [0.4, 0.5) is 4.39 Å². The summed E-state index contributed by atoms with van der Waals surface area (Å²) in [5.74, 6) is -0.168. The van der Waals surface area contributed by atoms with E-state index < -0.39 is 0 Å². The number of halogens is 1. The van der Waals surface area contributed by atoms with Gasteiger partial charge in [0.1, 0.15) is 5.82 Å². The molecule has 4 heteroatoms.